The molecule has 1 aromatic heterocycles. The van der Waals surface area contributed by atoms with E-state index in [0.717, 1.165) is 38.0 Å². The molecule has 1 saturated carbocycles. The van der Waals surface area contributed by atoms with Gasteiger partial charge in [-0.2, -0.15) is 0 Å². The summed E-state index contributed by atoms with van der Waals surface area (Å²) in [5.74, 6) is 0.672. The van der Waals surface area contributed by atoms with E-state index in [9.17, 15) is 0 Å². The second-order valence-corrected chi connectivity index (χ2v) is 5.25. The minimum absolute atomic E-state index is 0.334. The second kappa shape index (κ2) is 8.10. The summed E-state index contributed by atoms with van der Waals surface area (Å²) in [6, 6.07) is 0. The van der Waals surface area contributed by atoms with E-state index in [1.54, 1.807) is 6.20 Å². The fourth-order valence-corrected chi connectivity index (χ4v) is 2.42. The predicted octanol–water partition coefficient (Wildman–Crippen LogP) is 3.08. The third kappa shape index (κ3) is 5.15. The molecule has 0 saturated heterocycles. The van der Waals surface area contributed by atoms with E-state index in [-0.39, 0.29) is 0 Å². The van der Waals surface area contributed by atoms with Gasteiger partial charge in [0.2, 0.25) is 5.88 Å². The van der Waals surface area contributed by atoms with Crippen molar-refractivity contribution in [3.63, 3.8) is 0 Å². The van der Waals surface area contributed by atoms with Gasteiger partial charge in [-0.1, -0.05) is 19.8 Å². The molecule has 1 heterocycles. The van der Waals surface area contributed by atoms with E-state index in [0.29, 0.717) is 12.0 Å². The molecule has 1 aliphatic carbocycles. The predicted molar refractivity (Wildman–Crippen MR) is 76.1 cm³/mol. The minimum atomic E-state index is 0.334. The number of aromatic nitrogens is 2. The molecular formula is C15H25N3O. The standard InChI is InChI=1S/C15H25N3O/c1-2-9-16-10-13-11-18-15(12-17-13)19-14-7-5-3-4-6-8-14/h11-12,14,16H,2-10H2,1H3. The topological polar surface area (TPSA) is 47.0 Å². The van der Waals surface area contributed by atoms with Crippen molar-refractivity contribution in [3.05, 3.63) is 18.1 Å². The maximum atomic E-state index is 5.92. The Balaban J connectivity index is 1.80. The maximum absolute atomic E-state index is 5.92. The number of ether oxygens (including phenoxy) is 1. The summed E-state index contributed by atoms with van der Waals surface area (Å²) < 4.78 is 5.92. The van der Waals surface area contributed by atoms with Gasteiger partial charge < -0.3 is 10.1 Å². The molecule has 4 heteroatoms. The van der Waals surface area contributed by atoms with Gasteiger partial charge >= 0.3 is 0 Å². The molecular weight excluding hydrogens is 238 g/mol. The third-order valence-corrected chi connectivity index (χ3v) is 3.50. The molecule has 0 aliphatic heterocycles. The van der Waals surface area contributed by atoms with E-state index >= 15 is 0 Å². The Morgan fingerprint density at radius 2 is 1.95 bits per heavy atom. The van der Waals surface area contributed by atoms with Crippen LogP contribution in [0, 0.1) is 0 Å². The van der Waals surface area contributed by atoms with E-state index in [1.165, 1.54) is 25.7 Å². The van der Waals surface area contributed by atoms with E-state index in [2.05, 4.69) is 22.2 Å². The number of nitrogens with zero attached hydrogens (tertiary/aromatic N) is 2. The van der Waals surface area contributed by atoms with Crippen molar-refractivity contribution < 1.29 is 4.74 Å². The van der Waals surface area contributed by atoms with Crippen LogP contribution in [0.1, 0.15) is 57.6 Å². The van der Waals surface area contributed by atoms with Crippen LogP contribution >= 0.6 is 0 Å². The fraction of sp³-hybridized carbons (Fsp3) is 0.733. The van der Waals surface area contributed by atoms with E-state index in [1.807, 2.05) is 6.20 Å². The molecule has 1 fully saturated rings. The number of hydrogen-bond donors (Lipinski definition) is 1. The van der Waals surface area contributed by atoms with Crippen LogP contribution in [0.4, 0.5) is 0 Å². The highest BCUT2D eigenvalue weighted by Crippen LogP contribution is 2.21. The Bertz CT molecular complexity index is 345. The van der Waals surface area contributed by atoms with Crippen LogP contribution in [0.3, 0.4) is 0 Å². The summed E-state index contributed by atoms with van der Waals surface area (Å²) in [5, 5.41) is 3.32. The first kappa shape index (κ1) is 14.3. The smallest absolute Gasteiger partial charge is 0.232 e. The molecule has 1 N–H and O–H groups in total. The Kier molecular flexibility index (Phi) is 6.08. The summed E-state index contributed by atoms with van der Waals surface area (Å²) in [6.45, 7) is 3.95. The van der Waals surface area contributed by atoms with Gasteiger partial charge in [0.15, 0.2) is 0 Å². The van der Waals surface area contributed by atoms with Crippen molar-refractivity contribution in [2.75, 3.05) is 6.54 Å². The van der Waals surface area contributed by atoms with Gasteiger partial charge in [-0.25, -0.2) is 4.98 Å². The summed E-state index contributed by atoms with van der Waals surface area (Å²) in [4.78, 5) is 8.75. The summed E-state index contributed by atoms with van der Waals surface area (Å²) in [5.41, 5.74) is 0.974. The number of nitrogens with one attached hydrogen (secondary N) is 1. The average Bonchev–Trinajstić information content (AvgIpc) is 2.70. The lowest BCUT2D eigenvalue weighted by molar-refractivity contribution is 0.175. The summed E-state index contributed by atoms with van der Waals surface area (Å²) in [7, 11) is 0. The SMILES string of the molecule is CCCNCc1cnc(OC2CCCCCC2)cn1. The highest BCUT2D eigenvalue weighted by Gasteiger charge is 2.14. The van der Waals surface area contributed by atoms with Crippen LogP contribution in [0.5, 0.6) is 5.88 Å². The molecule has 2 rings (SSSR count). The molecule has 0 amide bonds. The van der Waals surface area contributed by atoms with Gasteiger partial charge in [0.05, 0.1) is 18.1 Å². The lowest BCUT2D eigenvalue weighted by Crippen LogP contribution is -2.17. The first-order valence-electron chi connectivity index (χ1n) is 7.57. The van der Waals surface area contributed by atoms with Crippen LogP contribution in [-0.4, -0.2) is 22.6 Å². The van der Waals surface area contributed by atoms with Gasteiger partial charge in [-0.15, -0.1) is 0 Å². The first-order valence-corrected chi connectivity index (χ1v) is 7.57. The van der Waals surface area contributed by atoms with Crippen molar-refractivity contribution in [1.29, 1.82) is 0 Å². The first-order chi connectivity index (χ1) is 9.38. The van der Waals surface area contributed by atoms with Crippen molar-refractivity contribution in [2.24, 2.45) is 0 Å². The zero-order chi connectivity index (χ0) is 13.3. The Morgan fingerprint density at radius 1 is 1.16 bits per heavy atom. The largest absolute Gasteiger partial charge is 0.473 e. The van der Waals surface area contributed by atoms with Crippen molar-refractivity contribution in [2.45, 2.75) is 64.5 Å². The van der Waals surface area contributed by atoms with Crippen LogP contribution in [0.15, 0.2) is 12.4 Å². The van der Waals surface area contributed by atoms with Gasteiger partial charge in [-0.05, 0) is 38.6 Å². The zero-order valence-corrected chi connectivity index (χ0v) is 11.9. The average molecular weight is 263 g/mol. The van der Waals surface area contributed by atoms with Gasteiger partial charge in [0.1, 0.15) is 6.10 Å². The Labute approximate surface area is 116 Å². The molecule has 0 bridgehead atoms. The van der Waals surface area contributed by atoms with Crippen LogP contribution in [-0.2, 0) is 6.54 Å². The molecule has 1 aliphatic rings. The highest BCUT2D eigenvalue weighted by molar-refractivity contribution is 5.07. The van der Waals surface area contributed by atoms with E-state index in [4.69, 9.17) is 4.74 Å². The number of hydrogen-bond acceptors (Lipinski definition) is 4. The normalized spacial score (nSPS) is 17.1. The van der Waals surface area contributed by atoms with Crippen LogP contribution in [0.25, 0.3) is 0 Å². The molecule has 0 atom stereocenters. The van der Waals surface area contributed by atoms with Crippen molar-refractivity contribution in [1.82, 2.24) is 15.3 Å². The molecule has 19 heavy (non-hydrogen) atoms. The fourth-order valence-electron chi connectivity index (χ4n) is 2.42. The Hall–Kier alpha value is -1.16. The molecule has 0 unspecified atom stereocenters. The minimum Gasteiger partial charge on any atom is -0.473 e. The van der Waals surface area contributed by atoms with E-state index < -0.39 is 0 Å². The van der Waals surface area contributed by atoms with Crippen LogP contribution in [0.2, 0.25) is 0 Å². The molecule has 4 nitrogen and oxygen atoms in total. The van der Waals surface area contributed by atoms with Crippen molar-refractivity contribution in [3.8, 4) is 5.88 Å². The van der Waals surface area contributed by atoms with Gasteiger partial charge in [-0.3, -0.25) is 4.98 Å². The quantitative estimate of drug-likeness (QED) is 0.633. The van der Waals surface area contributed by atoms with Gasteiger partial charge in [0, 0.05) is 6.54 Å². The monoisotopic (exact) mass is 263 g/mol. The summed E-state index contributed by atoms with van der Waals surface area (Å²) >= 11 is 0. The molecule has 0 radical (unpaired) electrons. The zero-order valence-electron chi connectivity index (χ0n) is 11.9. The molecule has 0 spiro atoms. The summed E-state index contributed by atoms with van der Waals surface area (Å²) in [6.07, 6.45) is 12.6. The highest BCUT2D eigenvalue weighted by atomic mass is 16.5. The third-order valence-electron chi connectivity index (χ3n) is 3.50. The Morgan fingerprint density at radius 3 is 2.58 bits per heavy atom. The maximum Gasteiger partial charge on any atom is 0.232 e. The van der Waals surface area contributed by atoms with Crippen LogP contribution < -0.4 is 10.1 Å². The lowest BCUT2D eigenvalue weighted by Gasteiger charge is -2.15. The number of rotatable bonds is 6. The van der Waals surface area contributed by atoms with Gasteiger partial charge in [0.25, 0.3) is 0 Å². The second-order valence-electron chi connectivity index (χ2n) is 5.25. The lowest BCUT2D eigenvalue weighted by atomic mass is 10.1. The molecule has 0 aromatic carbocycles. The molecule has 106 valence electrons. The van der Waals surface area contributed by atoms with Crippen molar-refractivity contribution >= 4 is 0 Å². The molecule has 1 aromatic rings.